The van der Waals surface area contributed by atoms with E-state index in [2.05, 4.69) is 6.92 Å². The summed E-state index contributed by atoms with van der Waals surface area (Å²) in [7, 11) is 0. The summed E-state index contributed by atoms with van der Waals surface area (Å²) in [6, 6.07) is 17.0. The number of thioether (sulfide) groups is 1. The van der Waals surface area contributed by atoms with Gasteiger partial charge in [0, 0.05) is 24.6 Å². The molecule has 0 saturated carbocycles. The van der Waals surface area contributed by atoms with Gasteiger partial charge < -0.3 is 0 Å². The van der Waals surface area contributed by atoms with Crippen molar-refractivity contribution in [3.63, 3.8) is 0 Å². The lowest BCUT2D eigenvalue weighted by atomic mass is 10.2. The van der Waals surface area contributed by atoms with Crippen LogP contribution in [0.25, 0.3) is 10.9 Å². The Morgan fingerprint density at radius 1 is 1.03 bits per heavy atom. The number of carbonyl (C=O) groups is 1. The normalized spacial score (nSPS) is 11.1. The van der Waals surface area contributed by atoms with E-state index in [1.807, 2.05) is 64.5 Å². The molecule has 4 aromatic rings. The average molecular weight is 493 g/mol. The van der Waals surface area contributed by atoms with E-state index in [0.717, 1.165) is 37.1 Å². The van der Waals surface area contributed by atoms with Crippen molar-refractivity contribution in [2.75, 3.05) is 4.90 Å². The number of hydrogen-bond donors (Lipinski definition) is 0. The smallest absolute Gasteiger partial charge is 0.262 e. The number of thiazole rings is 1. The minimum atomic E-state index is -0.0862. The number of para-hydroxylation sites is 2. The molecule has 2 heterocycles. The van der Waals surface area contributed by atoms with Crippen LogP contribution in [0.1, 0.15) is 45.2 Å². The number of carbonyl (C=O) groups excluding carboxylic acids is 1. The molecule has 6 nitrogen and oxygen atoms in total. The van der Waals surface area contributed by atoms with E-state index >= 15 is 0 Å². The van der Waals surface area contributed by atoms with Crippen molar-refractivity contribution in [3.8, 4) is 0 Å². The molecular formula is C26H28N4O2S2. The van der Waals surface area contributed by atoms with Gasteiger partial charge in [0.15, 0.2) is 10.3 Å². The molecule has 34 heavy (non-hydrogen) atoms. The van der Waals surface area contributed by atoms with Gasteiger partial charge in [-0.05, 0) is 30.7 Å². The Kier molecular flexibility index (Phi) is 8.13. The van der Waals surface area contributed by atoms with Crippen molar-refractivity contribution < 1.29 is 4.79 Å². The summed E-state index contributed by atoms with van der Waals surface area (Å²) in [5.41, 5.74) is 2.37. The SMILES string of the molecule is CCCCCCn1c(SCc2csc(N(C(C)=O)c3ccccc3)n2)nc2ccccc2c1=O. The van der Waals surface area contributed by atoms with Crippen LogP contribution in [-0.4, -0.2) is 20.4 Å². The number of hydrogen-bond acceptors (Lipinski definition) is 6. The third-order valence-corrected chi connectivity index (χ3v) is 7.36. The molecule has 2 aromatic carbocycles. The number of unbranched alkanes of at least 4 members (excludes halogenated alkanes) is 3. The van der Waals surface area contributed by atoms with Gasteiger partial charge in [-0.1, -0.05) is 68.3 Å². The summed E-state index contributed by atoms with van der Waals surface area (Å²) >= 11 is 2.95. The molecule has 176 valence electrons. The van der Waals surface area contributed by atoms with Crippen LogP contribution in [0.5, 0.6) is 0 Å². The highest BCUT2D eigenvalue weighted by Crippen LogP contribution is 2.31. The molecule has 0 N–H and O–H groups in total. The van der Waals surface area contributed by atoms with Crippen molar-refractivity contribution in [2.24, 2.45) is 0 Å². The van der Waals surface area contributed by atoms with Crippen LogP contribution in [-0.2, 0) is 17.1 Å². The van der Waals surface area contributed by atoms with Gasteiger partial charge in [0.2, 0.25) is 5.91 Å². The zero-order chi connectivity index (χ0) is 23.9. The highest BCUT2D eigenvalue weighted by Gasteiger charge is 2.18. The second-order valence-corrected chi connectivity index (χ2v) is 9.81. The van der Waals surface area contributed by atoms with Gasteiger partial charge in [0.05, 0.1) is 22.3 Å². The molecule has 0 aliphatic carbocycles. The van der Waals surface area contributed by atoms with E-state index in [1.165, 1.54) is 23.1 Å². The van der Waals surface area contributed by atoms with E-state index in [1.54, 1.807) is 11.8 Å². The molecule has 2 aromatic heterocycles. The lowest BCUT2D eigenvalue weighted by molar-refractivity contribution is -0.115. The van der Waals surface area contributed by atoms with Gasteiger partial charge in [-0.3, -0.25) is 19.1 Å². The molecule has 0 aliphatic heterocycles. The Balaban J connectivity index is 1.57. The fourth-order valence-electron chi connectivity index (χ4n) is 3.76. The Bertz CT molecular complexity index is 1320. The second kappa shape index (κ2) is 11.4. The first kappa shape index (κ1) is 24.2. The number of amides is 1. The Morgan fingerprint density at radius 3 is 2.56 bits per heavy atom. The van der Waals surface area contributed by atoms with Gasteiger partial charge in [-0.25, -0.2) is 9.97 Å². The van der Waals surface area contributed by atoms with Crippen LogP contribution < -0.4 is 10.5 Å². The maximum atomic E-state index is 13.2. The molecule has 0 saturated heterocycles. The molecule has 0 aliphatic rings. The standard InChI is InChI=1S/C26H28N4O2S2/c1-3-4-5-11-16-29-24(32)22-14-9-10-15-23(22)28-25(29)33-17-20-18-34-26(27-20)30(19(2)31)21-12-7-6-8-13-21/h6-10,12-15,18H,3-5,11,16-17H2,1-2H3. The van der Waals surface area contributed by atoms with Crippen molar-refractivity contribution in [3.05, 3.63) is 76.0 Å². The lowest BCUT2D eigenvalue weighted by Gasteiger charge is -2.17. The Morgan fingerprint density at radius 2 is 1.79 bits per heavy atom. The summed E-state index contributed by atoms with van der Waals surface area (Å²) < 4.78 is 1.81. The Labute approximate surface area is 207 Å². The molecule has 8 heteroatoms. The van der Waals surface area contributed by atoms with Crippen LogP contribution in [0.15, 0.2) is 69.9 Å². The summed E-state index contributed by atoms with van der Waals surface area (Å²) in [4.78, 5) is 36.7. The number of fused-ring (bicyclic) bond motifs is 1. The fraction of sp³-hybridized carbons (Fsp3) is 0.308. The maximum Gasteiger partial charge on any atom is 0.262 e. The van der Waals surface area contributed by atoms with Gasteiger partial charge in [-0.2, -0.15) is 0 Å². The number of benzene rings is 2. The fourth-order valence-corrected chi connectivity index (χ4v) is 5.67. The van der Waals surface area contributed by atoms with Crippen molar-refractivity contribution in [1.82, 2.24) is 14.5 Å². The minimum absolute atomic E-state index is 0.00963. The van der Waals surface area contributed by atoms with E-state index in [-0.39, 0.29) is 11.5 Å². The maximum absolute atomic E-state index is 13.2. The predicted octanol–water partition coefficient (Wildman–Crippen LogP) is 6.41. The number of aromatic nitrogens is 3. The van der Waals surface area contributed by atoms with Crippen molar-refractivity contribution >= 4 is 50.7 Å². The monoisotopic (exact) mass is 492 g/mol. The first-order valence-corrected chi connectivity index (χ1v) is 13.4. The molecular weight excluding hydrogens is 464 g/mol. The van der Waals surface area contributed by atoms with Gasteiger partial charge in [-0.15, -0.1) is 11.3 Å². The lowest BCUT2D eigenvalue weighted by Crippen LogP contribution is -2.23. The van der Waals surface area contributed by atoms with Crippen LogP contribution in [0.2, 0.25) is 0 Å². The van der Waals surface area contributed by atoms with Gasteiger partial charge in [0.25, 0.3) is 5.56 Å². The number of anilines is 2. The third kappa shape index (κ3) is 5.56. The first-order valence-electron chi connectivity index (χ1n) is 11.5. The van der Waals surface area contributed by atoms with E-state index < -0.39 is 0 Å². The van der Waals surface area contributed by atoms with E-state index in [9.17, 15) is 9.59 Å². The number of rotatable bonds is 10. The zero-order valence-corrected chi connectivity index (χ0v) is 21.1. The Hall–Kier alpha value is -2.97. The molecule has 4 rings (SSSR count). The van der Waals surface area contributed by atoms with Crippen LogP contribution in [0.3, 0.4) is 0 Å². The highest BCUT2D eigenvalue weighted by molar-refractivity contribution is 7.98. The van der Waals surface area contributed by atoms with Gasteiger partial charge >= 0.3 is 0 Å². The molecule has 0 radical (unpaired) electrons. The summed E-state index contributed by atoms with van der Waals surface area (Å²) in [5.74, 6) is 0.480. The highest BCUT2D eigenvalue weighted by atomic mass is 32.2. The molecule has 0 spiro atoms. The summed E-state index contributed by atoms with van der Waals surface area (Å²) in [6.07, 6.45) is 4.36. The summed E-state index contributed by atoms with van der Waals surface area (Å²) in [6.45, 7) is 4.38. The van der Waals surface area contributed by atoms with Crippen LogP contribution in [0.4, 0.5) is 10.8 Å². The summed E-state index contributed by atoms with van der Waals surface area (Å²) in [5, 5.41) is 3.96. The first-order chi connectivity index (χ1) is 16.6. The topological polar surface area (TPSA) is 68.1 Å². The molecule has 1 amide bonds. The molecule has 0 fully saturated rings. The average Bonchev–Trinajstić information content (AvgIpc) is 3.30. The van der Waals surface area contributed by atoms with Crippen molar-refractivity contribution in [2.45, 2.75) is 57.0 Å². The van der Waals surface area contributed by atoms with Crippen LogP contribution >= 0.6 is 23.1 Å². The van der Waals surface area contributed by atoms with Crippen molar-refractivity contribution in [1.29, 1.82) is 0 Å². The third-order valence-electron chi connectivity index (χ3n) is 5.47. The quantitative estimate of drug-likeness (QED) is 0.145. The zero-order valence-electron chi connectivity index (χ0n) is 19.4. The van der Waals surface area contributed by atoms with Gasteiger partial charge in [0.1, 0.15) is 0 Å². The number of nitrogens with zero attached hydrogens (tertiary/aromatic N) is 4. The van der Waals surface area contributed by atoms with E-state index in [0.29, 0.717) is 33.5 Å². The predicted molar refractivity (Wildman–Crippen MR) is 141 cm³/mol. The minimum Gasteiger partial charge on any atom is -0.287 e. The largest absolute Gasteiger partial charge is 0.287 e. The second-order valence-electron chi connectivity index (χ2n) is 8.03. The molecule has 0 atom stereocenters. The van der Waals surface area contributed by atoms with E-state index in [4.69, 9.17) is 9.97 Å². The van der Waals surface area contributed by atoms with Crippen LogP contribution in [0, 0.1) is 0 Å². The molecule has 0 bridgehead atoms. The molecule has 0 unspecified atom stereocenters.